The molecule has 1 aromatic rings. The molecule has 1 N–H and O–H groups in total. The molecule has 0 saturated carbocycles. The predicted molar refractivity (Wildman–Crippen MR) is 81.2 cm³/mol. The molecule has 0 bridgehead atoms. The summed E-state index contributed by atoms with van der Waals surface area (Å²) in [6.07, 6.45) is 0.881. The molecule has 1 aliphatic heterocycles. The van der Waals surface area contributed by atoms with Crippen LogP contribution < -0.4 is 5.32 Å². The Bertz CT molecular complexity index is 442. The van der Waals surface area contributed by atoms with Crippen LogP contribution in [-0.2, 0) is 6.42 Å². The fourth-order valence-electron chi connectivity index (χ4n) is 2.05. The van der Waals surface area contributed by atoms with Crippen LogP contribution >= 0.6 is 11.8 Å². The van der Waals surface area contributed by atoms with Crippen molar-refractivity contribution in [3.05, 3.63) is 35.6 Å². The lowest BCUT2D eigenvalue weighted by Crippen LogP contribution is -2.31. The Morgan fingerprint density at radius 2 is 2.00 bits per heavy atom. The van der Waals surface area contributed by atoms with Gasteiger partial charge in [-0.3, -0.25) is 4.99 Å². The molecule has 19 heavy (non-hydrogen) atoms. The third-order valence-corrected chi connectivity index (χ3v) is 4.27. The molecule has 1 aliphatic rings. The normalized spacial score (nSPS) is 20.5. The van der Waals surface area contributed by atoms with Crippen LogP contribution in [-0.4, -0.2) is 23.0 Å². The topological polar surface area (TPSA) is 24.4 Å². The third kappa shape index (κ3) is 4.23. The number of amidine groups is 1. The van der Waals surface area contributed by atoms with Crippen LogP contribution in [0.25, 0.3) is 0 Å². The van der Waals surface area contributed by atoms with Crippen LogP contribution in [0.1, 0.15) is 26.3 Å². The average molecular weight is 280 g/mol. The van der Waals surface area contributed by atoms with Crippen molar-refractivity contribution in [2.45, 2.75) is 39.3 Å². The van der Waals surface area contributed by atoms with E-state index in [-0.39, 0.29) is 5.82 Å². The summed E-state index contributed by atoms with van der Waals surface area (Å²) in [7, 11) is 0. The Kier molecular flexibility index (Phi) is 4.86. The standard InChI is InChI=1S/C15H21FN2S/c1-10(2)14-9-19-15(18-14)17-11(3)8-12-4-6-13(16)7-5-12/h4-7,10-11,14H,8-9H2,1-3H3,(H,17,18)/t11?,14-/m1/s1. The number of nitrogens with one attached hydrogen (secondary N) is 1. The van der Waals surface area contributed by atoms with Gasteiger partial charge in [-0.1, -0.05) is 37.7 Å². The second kappa shape index (κ2) is 6.42. The summed E-state index contributed by atoms with van der Waals surface area (Å²) in [6, 6.07) is 7.45. The molecule has 4 heteroatoms. The lowest BCUT2D eigenvalue weighted by molar-refractivity contribution is 0.540. The van der Waals surface area contributed by atoms with Gasteiger partial charge in [0.1, 0.15) is 5.82 Å². The quantitative estimate of drug-likeness (QED) is 0.913. The molecule has 2 nitrogen and oxygen atoms in total. The van der Waals surface area contributed by atoms with Crippen molar-refractivity contribution in [2.24, 2.45) is 10.9 Å². The van der Waals surface area contributed by atoms with Gasteiger partial charge < -0.3 is 5.32 Å². The number of nitrogens with zero attached hydrogens (tertiary/aromatic N) is 1. The van der Waals surface area contributed by atoms with E-state index in [9.17, 15) is 4.39 Å². The number of rotatable bonds is 4. The summed E-state index contributed by atoms with van der Waals surface area (Å²) in [6.45, 7) is 6.55. The Morgan fingerprint density at radius 1 is 1.32 bits per heavy atom. The maximum atomic E-state index is 12.8. The highest BCUT2D eigenvalue weighted by molar-refractivity contribution is 8.14. The predicted octanol–water partition coefficient (Wildman–Crippen LogP) is 3.47. The van der Waals surface area contributed by atoms with Gasteiger partial charge in [-0.05, 0) is 37.0 Å². The molecule has 0 amide bonds. The average Bonchev–Trinajstić information content (AvgIpc) is 2.80. The van der Waals surface area contributed by atoms with Gasteiger partial charge in [0.2, 0.25) is 0 Å². The van der Waals surface area contributed by atoms with Crippen LogP contribution in [0.3, 0.4) is 0 Å². The summed E-state index contributed by atoms with van der Waals surface area (Å²) in [5.74, 6) is 1.49. The first-order valence-corrected chi connectivity index (χ1v) is 7.74. The van der Waals surface area contributed by atoms with Crippen molar-refractivity contribution in [2.75, 3.05) is 5.75 Å². The molecule has 1 heterocycles. The maximum absolute atomic E-state index is 12.8. The van der Waals surface area contributed by atoms with E-state index in [2.05, 4.69) is 26.1 Å². The zero-order valence-corrected chi connectivity index (χ0v) is 12.5. The number of benzene rings is 1. The SMILES string of the molecule is CC(Cc1ccc(F)cc1)NC1=N[C@@H](C(C)C)CS1. The Labute approximate surface area is 118 Å². The first kappa shape index (κ1) is 14.4. The molecular formula is C15H21FN2S. The number of hydrogen-bond donors (Lipinski definition) is 1. The van der Waals surface area contributed by atoms with Gasteiger partial charge in [-0.25, -0.2) is 4.39 Å². The van der Waals surface area contributed by atoms with Crippen molar-refractivity contribution in [1.82, 2.24) is 5.32 Å². The van der Waals surface area contributed by atoms with E-state index in [4.69, 9.17) is 4.99 Å². The van der Waals surface area contributed by atoms with Crippen LogP contribution in [0, 0.1) is 11.7 Å². The zero-order chi connectivity index (χ0) is 13.8. The lowest BCUT2D eigenvalue weighted by atomic mass is 10.1. The van der Waals surface area contributed by atoms with Crippen molar-refractivity contribution in [3.8, 4) is 0 Å². The molecule has 104 valence electrons. The van der Waals surface area contributed by atoms with E-state index in [0.717, 1.165) is 22.9 Å². The second-order valence-electron chi connectivity index (χ2n) is 5.43. The van der Waals surface area contributed by atoms with Gasteiger partial charge in [0.15, 0.2) is 5.17 Å². The Balaban J connectivity index is 1.86. The minimum Gasteiger partial charge on any atom is -0.362 e. The molecule has 1 unspecified atom stereocenters. The summed E-state index contributed by atoms with van der Waals surface area (Å²) < 4.78 is 12.8. The van der Waals surface area contributed by atoms with Crippen molar-refractivity contribution < 1.29 is 4.39 Å². The van der Waals surface area contributed by atoms with E-state index < -0.39 is 0 Å². The Morgan fingerprint density at radius 3 is 2.58 bits per heavy atom. The minimum atomic E-state index is -0.181. The highest BCUT2D eigenvalue weighted by Crippen LogP contribution is 2.22. The molecule has 2 atom stereocenters. The highest BCUT2D eigenvalue weighted by atomic mass is 32.2. The molecule has 1 aromatic carbocycles. The first-order valence-electron chi connectivity index (χ1n) is 6.76. The third-order valence-electron chi connectivity index (χ3n) is 3.27. The van der Waals surface area contributed by atoms with Crippen LogP contribution in [0.4, 0.5) is 4.39 Å². The number of halogens is 1. The monoisotopic (exact) mass is 280 g/mol. The van der Waals surface area contributed by atoms with Crippen molar-refractivity contribution >= 4 is 16.9 Å². The van der Waals surface area contributed by atoms with Gasteiger partial charge in [0.25, 0.3) is 0 Å². The molecule has 0 spiro atoms. The van der Waals surface area contributed by atoms with E-state index in [1.54, 1.807) is 11.8 Å². The summed E-state index contributed by atoms with van der Waals surface area (Å²) in [5.41, 5.74) is 1.14. The van der Waals surface area contributed by atoms with Crippen molar-refractivity contribution in [3.63, 3.8) is 0 Å². The lowest BCUT2D eigenvalue weighted by Gasteiger charge is -2.14. The smallest absolute Gasteiger partial charge is 0.157 e. The fraction of sp³-hybridized carbons (Fsp3) is 0.533. The van der Waals surface area contributed by atoms with E-state index in [1.807, 2.05) is 12.1 Å². The number of thioether (sulfide) groups is 1. The van der Waals surface area contributed by atoms with E-state index in [0.29, 0.717) is 18.0 Å². The molecule has 2 rings (SSSR count). The van der Waals surface area contributed by atoms with Gasteiger partial charge in [0.05, 0.1) is 6.04 Å². The first-order chi connectivity index (χ1) is 9.04. The molecule has 0 saturated heterocycles. The molecular weight excluding hydrogens is 259 g/mol. The van der Waals surface area contributed by atoms with Gasteiger partial charge in [0, 0.05) is 11.8 Å². The second-order valence-corrected chi connectivity index (χ2v) is 6.44. The molecule has 0 radical (unpaired) electrons. The highest BCUT2D eigenvalue weighted by Gasteiger charge is 2.21. The van der Waals surface area contributed by atoms with Crippen LogP contribution in [0.5, 0.6) is 0 Å². The molecule has 0 aromatic heterocycles. The fourth-order valence-corrected chi connectivity index (χ4v) is 3.33. The maximum Gasteiger partial charge on any atom is 0.157 e. The summed E-state index contributed by atoms with van der Waals surface area (Å²) in [4.78, 5) is 4.69. The molecule has 0 aliphatic carbocycles. The number of aliphatic imine (C=N–C) groups is 1. The number of hydrogen-bond acceptors (Lipinski definition) is 3. The van der Waals surface area contributed by atoms with E-state index >= 15 is 0 Å². The summed E-state index contributed by atoms with van der Waals surface area (Å²) >= 11 is 1.80. The molecule has 0 fully saturated rings. The van der Waals surface area contributed by atoms with Crippen molar-refractivity contribution in [1.29, 1.82) is 0 Å². The van der Waals surface area contributed by atoms with Gasteiger partial charge in [-0.15, -0.1) is 0 Å². The van der Waals surface area contributed by atoms with Crippen LogP contribution in [0.15, 0.2) is 29.3 Å². The van der Waals surface area contributed by atoms with Gasteiger partial charge in [-0.2, -0.15) is 0 Å². The van der Waals surface area contributed by atoms with E-state index in [1.165, 1.54) is 12.1 Å². The van der Waals surface area contributed by atoms with Gasteiger partial charge >= 0.3 is 0 Å². The summed E-state index contributed by atoms with van der Waals surface area (Å²) in [5, 5.41) is 4.50. The zero-order valence-electron chi connectivity index (χ0n) is 11.7. The van der Waals surface area contributed by atoms with Crippen LogP contribution in [0.2, 0.25) is 0 Å². The Hall–Kier alpha value is -1.03. The minimum absolute atomic E-state index is 0.181. The largest absolute Gasteiger partial charge is 0.362 e.